The summed E-state index contributed by atoms with van der Waals surface area (Å²) in [7, 11) is 0. The van der Waals surface area contributed by atoms with Gasteiger partial charge in [0.05, 0.1) is 13.2 Å². The minimum absolute atomic E-state index is 0.384. The summed E-state index contributed by atoms with van der Waals surface area (Å²) in [4.78, 5) is 2.41. The van der Waals surface area contributed by atoms with Crippen LogP contribution in [0.15, 0.2) is 24.3 Å². The number of ether oxygens (including phenoxy) is 1. The molecule has 15 heavy (non-hydrogen) atoms. The third kappa shape index (κ3) is 2.30. The predicted molar refractivity (Wildman–Crippen MR) is 61.7 cm³/mol. The number of benzene rings is 1. The summed E-state index contributed by atoms with van der Waals surface area (Å²) in [6.07, 6.45) is 0. The van der Waals surface area contributed by atoms with Crippen molar-refractivity contribution in [1.29, 1.82) is 0 Å². The fourth-order valence-corrected chi connectivity index (χ4v) is 2.05. The molecule has 1 atom stereocenters. The molecule has 1 aliphatic heterocycles. The lowest BCUT2D eigenvalue weighted by molar-refractivity contribution is 0.0200. The second-order valence-electron chi connectivity index (χ2n) is 3.95. The Bertz CT molecular complexity index is 321. The molecule has 3 heteroatoms. The zero-order chi connectivity index (χ0) is 10.7. The highest BCUT2D eigenvalue weighted by Crippen LogP contribution is 2.25. The van der Waals surface area contributed by atoms with E-state index >= 15 is 0 Å². The van der Waals surface area contributed by atoms with E-state index in [1.165, 1.54) is 5.56 Å². The molecular formula is C12H18N2O. The molecular weight excluding hydrogens is 188 g/mol. The van der Waals surface area contributed by atoms with Crippen molar-refractivity contribution in [2.75, 3.05) is 32.0 Å². The Morgan fingerprint density at radius 1 is 1.27 bits per heavy atom. The van der Waals surface area contributed by atoms with Crippen LogP contribution in [0.25, 0.3) is 0 Å². The maximum atomic E-state index is 5.97. The van der Waals surface area contributed by atoms with Gasteiger partial charge in [0.15, 0.2) is 0 Å². The predicted octanol–water partition coefficient (Wildman–Crippen LogP) is 1.66. The average molecular weight is 206 g/mol. The summed E-state index contributed by atoms with van der Waals surface area (Å²) in [5.41, 5.74) is 8.08. The number of nitrogens with two attached hydrogens (primary N) is 1. The molecule has 0 radical (unpaired) electrons. The first-order valence-electron chi connectivity index (χ1n) is 5.45. The van der Waals surface area contributed by atoms with Gasteiger partial charge in [-0.15, -0.1) is 0 Å². The van der Waals surface area contributed by atoms with Crippen LogP contribution in [0.1, 0.15) is 18.5 Å². The molecule has 3 nitrogen and oxygen atoms in total. The molecule has 1 aliphatic rings. The zero-order valence-electron chi connectivity index (χ0n) is 9.15. The highest BCUT2D eigenvalue weighted by molar-refractivity contribution is 5.47. The van der Waals surface area contributed by atoms with Crippen molar-refractivity contribution in [3.05, 3.63) is 29.8 Å². The standard InChI is InChI=1S/C12H18N2O/c1-10(14-6-8-15-9-7-14)11-4-2-3-5-12(11)13/h2-5,10H,6-9,13H2,1H3. The van der Waals surface area contributed by atoms with E-state index in [9.17, 15) is 0 Å². The monoisotopic (exact) mass is 206 g/mol. The van der Waals surface area contributed by atoms with Gasteiger partial charge < -0.3 is 10.5 Å². The van der Waals surface area contributed by atoms with Crippen LogP contribution in [0.3, 0.4) is 0 Å². The van der Waals surface area contributed by atoms with Gasteiger partial charge in [-0.2, -0.15) is 0 Å². The average Bonchev–Trinajstić information content (AvgIpc) is 2.30. The van der Waals surface area contributed by atoms with Crippen molar-refractivity contribution in [3.8, 4) is 0 Å². The Morgan fingerprint density at radius 2 is 1.93 bits per heavy atom. The van der Waals surface area contributed by atoms with Gasteiger partial charge in [0.25, 0.3) is 0 Å². The van der Waals surface area contributed by atoms with Crippen molar-refractivity contribution in [3.63, 3.8) is 0 Å². The number of nitrogens with zero attached hydrogens (tertiary/aromatic N) is 1. The second kappa shape index (κ2) is 4.64. The van der Waals surface area contributed by atoms with Crippen molar-refractivity contribution >= 4 is 5.69 Å². The highest BCUT2D eigenvalue weighted by atomic mass is 16.5. The number of anilines is 1. The van der Waals surface area contributed by atoms with Gasteiger partial charge in [0.2, 0.25) is 0 Å². The lowest BCUT2D eigenvalue weighted by atomic mass is 10.0. The molecule has 0 amide bonds. The Labute approximate surface area is 90.8 Å². The Kier molecular flexibility index (Phi) is 3.23. The third-order valence-electron chi connectivity index (χ3n) is 3.04. The van der Waals surface area contributed by atoms with Crippen LogP contribution in [-0.2, 0) is 4.74 Å². The lowest BCUT2D eigenvalue weighted by Gasteiger charge is -2.33. The number of para-hydroxylation sites is 1. The summed E-state index contributed by atoms with van der Waals surface area (Å²) in [5, 5.41) is 0. The van der Waals surface area contributed by atoms with E-state index in [0.29, 0.717) is 6.04 Å². The van der Waals surface area contributed by atoms with Crippen molar-refractivity contribution in [1.82, 2.24) is 4.90 Å². The molecule has 0 aliphatic carbocycles. The van der Waals surface area contributed by atoms with Crippen LogP contribution in [-0.4, -0.2) is 31.2 Å². The van der Waals surface area contributed by atoms with Crippen LogP contribution in [0.2, 0.25) is 0 Å². The van der Waals surface area contributed by atoms with Crippen molar-refractivity contribution in [2.24, 2.45) is 0 Å². The van der Waals surface area contributed by atoms with Gasteiger partial charge >= 0.3 is 0 Å². The van der Waals surface area contributed by atoms with E-state index < -0.39 is 0 Å². The first-order valence-corrected chi connectivity index (χ1v) is 5.45. The van der Waals surface area contributed by atoms with Crippen LogP contribution >= 0.6 is 0 Å². The maximum Gasteiger partial charge on any atom is 0.0594 e. The van der Waals surface area contributed by atoms with Gasteiger partial charge in [0.1, 0.15) is 0 Å². The minimum Gasteiger partial charge on any atom is -0.398 e. The summed E-state index contributed by atoms with van der Waals surface area (Å²) < 4.78 is 5.34. The Morgan fingerprint density at radius 3 is 2.60 bits per heavy atom. The molecule has 1 fully saturated rings. The number of rotatable bonds is 2. The van der Waals surface area contributed by atoms with E-state index in [-0.39, 0.29) is 0 Å². The fourth-order valence-electron chi connectivity index (χ4n) is 2.05. The van der Waals surface area contributed by atoms with Gasteiger partial charge in [0, 0.05) is 24.8 Å². The first-order chi connectivity index (χ1) is 7.29. The topological polar surface area (TPSA) is 38.5 Å². The molecule has 1 saturated heterocycles. The fraction of sp³-hybridized carbons (Fsp3) is 0.500. The van der Waals surface area contributed by atoms with Crippen LogP contribution in [0, 0.1) is 0 Å². The SMILES string of the molecule is CC(c1ccccc1N)N1CCOCC1. The number of hydrogen-bond acceptors (Lipinski definition) is 3. The molecule has 1 unspecified atom stereocenters. The molecule has 1 aromatic rings. The zero-order valence-corrected chi connectivity index (χ0v) is 9.15. The summed E-state index contributed by atoms with van der Waals surface area (Å²) in [5.74, 6) is 0. The van der Waals surface area contributed by atoms with E-state index in [2.05, 4.69) is 17.9 Å². The first kappa shape index (κ1) is 10.5. The molecule has 1 heterocycles. The van der Waals surface area contributed by atoms with Crippen LogP contribution in [0.4, 0.5) is 5.69 Å². The van der Waals surface area contributed by atoms with E-state index in [4.69, 9.17) is 10.5 Å². The molecule has 1 aromatic carbocycles. The number of morpholine rings is 1. The Hall–Kier alpha value is -1.06. The van der Waals surface area contributed by atoms with E-state index in [1.807, 2.05) is 18.2 Å². The summed E-state index contributed by atoms with van der Waals surface area (Å²) >= 11 is 0. The number of nitrogen functional groups attached to an aromatic ring is 1. The highest BCUT2D eigenvalue weighted by Gasteiger charge is 2.19. The molecule has 0 spiro atoms. The van der Waals surface area contributed by atoms with Crippen molar-refractivity contribution < 1.29 is 4.74 Å². The summed E-state index contributed by atoms with van der Waals surface area (Å²) in [6, 6.07) is 8.48. The molecule has 0 saturated carbocycles. The third-order valence-corrected chi connectivity index (χ3v) is 3.04. The largest absolute Gasteiger partial charge is 0.398 e. The smallest absolute Gasteiger partial charge is 0.0594 e. The maximum absolute atomic E-state index is 5.97. The van der Waals surface area contributed by atoms with Gasteiger partial charge in [-0.05, 0) is 18.6 Å². The van der Waals surface area contributed by atoms with Gasteiger partial charge in [-0.1, -0.05) is 18.2 Å². The molecule has 0 bridgehead atoms. The van der Waals surface area contributed by atoms with E-state index in [0.717, 1.165) is 32.0 Å². The lowest BCUT2D eigenvalue weighted by Crippen LogP contribution is -2.38. The minimum atomic E-state index is 0.384. The quantitative estimate of drug-likeness (QED) is 0.748. The summed E-state index contributed by atoms with van der Waals surface area (Å²) in [6.45, 7) is 5.86. The normalized spacial score (nSPS) is 20.1. The van der Waals surface area contributed by atoms with Gasteiger partial charge in [-0.25, -0.2) is 0 Å². The van der Waals surface area contributed by atoms with Crippen LogP contribution < -0.4 is 5.73 Å². The second-order valence-corrected chi connectivity index (χ2v) is 3.95. The molecule has 0 aromatic heterocycles. The van der Waals surface area contributed by atoms with E-state index in [1.54, 1.807) is 0 Å². The Balaban J connectivity index is 2.12. The van der Waals surface area contributed by atoms with Gasteiger partial charge in [-0.3, -0.25) is 4.90 Å². The molecule has 2 N–H and O–H groups in total. The number of hydrogen-bond donors (Lipinski definition) is 1. The van der Waals surface area contributed by atoms with Crippen molar-refractivity contribution in [2.45, 2.75) is 13.0 Å². The molecule has 2 rings (SSSR count). The molecule has 82 valence electrons. The van der Waals surface area contributed by atoms with Crippen LogP contribution in [0.5, 0.6) is 0 Å².